The van der Waals surface area contributed by atoms with Gasteiger partial charge in [-0.15, -0.1) is 0 Å². The molecular weight excluding hydrogens is 322 g/mol. The summed E-state index contributed by atoms with van der Waals surface area (Å²) in [6.07, 6.45) is 0.883. The molecule has 0 saturated carbocycles. The van der Waals surface area contributed by atoms with E-state index in [1.54, 1.807) is 13.0 Å². The van der Waals surface area contributed by atoms with E-state index in [1.165, 1.54) is 12.1 Å². The maximum absolute atomic E-state index is 11.7. The average Bonchev–Trinajstić information content (AvgIpc) is 2.60. The van der Waals surface area contributed by atoms with Crippen LogP contribution in [0.1, 0.15) is 35.7 Å². The van der Waals surface area contributed by atoms with Gasteiger partial charge in [0.05, 0.1) is 18.1 Å². The van der Waals surface area contributed by atoms with Gasteiger partial charge in [-0.1, -0.05) is 19.1 Å². The van der Waals surface area contributed by atoms with Crippen LogP contribution >= 0.6 is 0 Å². The van der Waals surface area contributed by atoms with Crippen molar-refractivity contribution in [2.24, 2.45) is 0 Å². The third kappa shape index (κ3) is 5.31. The number of ketones is 1. The molecule has 2 aromatic rings. The van der Waals surface area contributed by atoms with E-state index in [4.69, 9.17) is 9.47 Å². The number of rotatable bonds is 9. The van der Waals surface area contributed by atoms with Crippen LogP contribution in [-0.2, 0) is 0 Å². The molecule has 0 spiro atoms. The van der Waals surface area contributed by atoms with E-state index in [2.05, 4.69) is 0 Å². The number of Topliss-reactive ketones (excluding diaryl/α,β-unsaturated/α-hetero) is 1. The minimum atomic E-state index is -0.537. The van der Waals surface area contributed by atoms with Crippen molar-refractivity contribution in [3.63, 3.8) is 0 Å². The maximum Gasteiger partial charge on any atom is 0.311 e. The molecule has 0 radical (unpaired) electrons. The fourth-order valence-electron chi connectivity index (χ4n) is 2.30. The Morgan fingerprint density at radius 3 is 2.56 bits per heavy atom. The molecule has 0 amide bonds. The first-order chi connectivity index (χ1) is 12.0. The highest BCUT2D eigenvalue weighted by Gasteiger charge is 2.18. The largest absolute Gasteiger partial charge is 0.493 e. The number of ether oxygens (including phenoxy) is 2. The van der Waals surface area contributed by atoms with Crippen molar-refractivity contribution in [3.05, 3.63) is 63.7 Å². The summed E-state index contributed by atoms with van der Waals surface area (Å²) in [5.74, 6) is 0.808. The number of hydrogen-bond acceptors (Lipinski definition) is 5. The van der Waals surface area contributed by atoms with Crippen molar-refractivity contribution >= 4 is 11.5 Å². The zero-order valence-electron chi connectivity index (χ0n) is 14.4. The average molecular weight is 343 g/mol. The van der Waals surface area contributed by atoms with E-state index in [-0.39, 0.29) is 23.8 Å². The standard InChI is InChI=1S/C19H21NO5/c1-3-18(21)15-8-9-19(17(13-15)20(22)23)25-11-5-10-24-16-7-4-6-14(2)12-16/h4,6-9,12-13H,3,5,10-11H2,1-2H3. The van der Waals surface area contributed by atoms with Gasteiger partial charge in [0, 0.05) is 24.5 Å². The van der Waals surface area contributed by atoms with Crippen LogP contribution in [0.25, 0.3) is 0 Å². The minimum Gasteiger partial charge on any atom is -0.493 e. The van der Waals surface area contributed by atoms with Gasteiger partial charge in [-0.05, 0) is 36.8 Å². The second-order valence-electron chi connectivity index (χ2n) is 5.58. The monoisotopic (exact) mass is 343 g/mol. The van der Waals surface area contributed by atoms with Gasteiger partial charge in [-0.2, -0.15) is 0 Å². The molecule has 0 atom stereocenters. The normalized spacial score (nSPS) is 10.3. The molecule has 0 N–H and O–H groups in total. The lowest BCUT2D eigenvalue weighted by Gasteiger charge is -2.09. The molecule has 6 heteroatoms. The number of carbonyl (C=O) groups excluding carboxylic acids is 1. The zero-order chi connectivity index (χ0) is 18.2. The lowest BCUT2D eigenvalue weighted by molar-refractivity contribution is -0.385. The third-order valence-electron chi connectivity index (χ3n) is 3.60. The number of hydrogen-bond donors (Lipinski definition) is 0. The second kappa shape index (κ2) is 8.82. The summed E-state index contributed by atoms with van der Waals surface area (Å²) >= 11 is 0. The number of aryl methyl sites for hydroxylation is 1. The molecule has 6 nitrogen and oxygen atoms in total. The summed E-state index contributed by atoms with van der Waals surface area (Å²) < 4.78 is 11.1. The van der Waals surface area contributed by atoms with Crippen molar-refractivity contribution in [1.82, 2.24) is 0 Å². The number of benzene rings is 2. The number of carbonyl (C=O) groups is 1. The van der Waals surface area contributed by atoms with Crippen molar-refractivity contribution in [3.8, 4) is 11.5 Å². The highest BCUT2D eigenvalue weighted by molar-refractivity contribution is 5.96. The van der Waals surface area contributed by atoms with Crippen LogP contribution in [0, 0.1) is 17.0 Å². The van der Waals surface area contributed by atoms with Gasteiger partial charge >= 0.3 is 5.69 Å². The quantitative estimate of drug-likeness (QED) is 0.293. The zero-order valence-corrected chi connectivity index (χ0v) is 14.4. The van der Waals surface area contributed by atoms with Crippen molar-refractivity contribution in [2.75, 3.05) is 13.2 Å². The molecule has 0 heterocycles. The van der Waals surface area contributed by atoms with Gasteiger partial charge in [0.1, 0.15) is 5.75 Å². The van der Waals surface area contributed by atoms with Crippen LogP contribution in [-0.4, -0.2) is 23.9 Å². The van der Waals surface area contributed by atoms with Crippen LogP contribution < -0.4 is 9.47 Å². The van der Waals surface area contributed by atoms with Crippen molar-refractivity contribution in [1.29, 1.82) is 0 Å². The molecule has 25 heavy (non-hydrogen) atoms. The van der Waals surface area contributed by atoms with E-state index >= 15 is 0 Å². The molecule has 0 aliphatic carbocycles. The van der Waals surface area contributed by atoms with Gasteiger partial charge in [0.25, 0.3) is 0 Å². The Morgan fingerprint density at radius 1 is 1.12 bits per heavy atom. The Labute approximate surface area is 146 Å². The molecule has 0 fully saturated rings. The maximum atomic E-state index is 11.7. The molecular formula is C19H21NO5. The fourth-order valence-corrected chi connectivity index (χ4v) is 2.30. The lowest BCUT2D eigenvalue weighted by atomic mass is 10.1. The Morgan fingerprint density at radius 2 is 1.88 bits per heavy atom. The lowest BCUT2D eigenvalue weighted by Crippen LogP contribution is -2.07. The molecule has 0 aromatic heterocycles. The van der Waals surface area contributed by atoms with E-state index in [1.807, 2.05) is 31.2 Å². The molecule has 2 aromatic carbocycles. The van der Waals surface area contributed by atoms with Crippen LogP contribution in [0.2, 0.25) is 0 Å². The third-order valence-corrected chi connectivity index (χ3v) is 3.60. The van der Waals surface area contributed by atoms with Crippen LogP contribution in [0.5, 0.6) is 11.5 Å². The van der Waals surface area contributed by atoms with Crippen LogP contribution in [0.4, 0.5) is 5.69 Å². The van der Waals surface area contributed by atoms with Gasteiger partial charge in [0.2, 0.25) is 0 Å². The highest BCUT2D eigenvalue weighted by atomic mass is 16.6. The first kappa shape index (κ1) is 18.4. The molecule has 132 valence electrons. The smallest absolute Gasteiger partial charge is 0.311 e. The number of nitro groups is 1. The molecule has 0 aliphatic rings. The van der Waals surface area contributed by atoms with Gasteiger partial charge in [-0.3, -0.25) is 14.9 Å². The van der Waals surface area contributed by atoms with Crippen LogP contribution in [0.3, 0.4) is 0 Å². The first-order valence-corrected chi connectivity index (χ1v) is 8.15. The summed E-state index contributed by atoms with van der Waals surface area (Å²) in [7, 11) is 0. The second-order valence-corrected chi connectivity index (χ2v) is 5.58. The molecule has 0 saturated heterocycles. The number of nitro benzene ring substituents is 1. The molecule has 0 bridgehead atoms. The summed E-state index contributed by atoms with van der Waals surface area (Å²) in [4.78, 5) is 22.3. The van der Waals surface area contributed by atoms with Crippen LogP contribution in [0.15, 0.2) is 42.5 Å². The molecule has 2 rings (SSSR count). The van der Waals surface area contributed by atoms with E-state index in [9.17, 15) is 14.9 Å². The Bertz CT molecular complexity index is 757. The summed E-state index contributed by atoms with van der Waals surface area (Å²) in [6.45, 7) is 4.44. The Kier molecular flexibility index (Phi) is 6.51. The van der Waals surface area contributed by atoms with Gasteiger partial charge in [-0.25, -0.2) is 0 Å². The van der Waals surface area contributed by atoms with Gasteiger partial charge in [0.15, 0.2) is 11.5 Å². The van der Waals surface area contributed by atoms with E-state index in [0.29, 0.717) is 25.0 Å². The minimum absolute atomic E-state index is 0.138. The van der Waals surface area contributed by atoms with Gasteiger partial charge < -0.3 is 9.47 Å². The summed E-state index contributed by atoms with van der Waals surface area (Å²) in [5.41, 5.74) is 1.24. The predicted octanol–water partition coefficient (Wildman–Crippen LogP) is 4.34. The number of nitrogens with zero attached hydrogens (tertiary/aromatic N) is 1. The van der Waals surface area contributed by atoms with Crippen molar-refractivity contribution < 1.29 is 19.2 Å². The predicted molar refractivity (Wildman–Crippen MR) is 94.5 cm³/mol. The Balaban J connectivity index is 1.89. The first-order valence-electron chi connectivity index (χ1n) is 8.15. The molecule has 0 aliphatic heterocycles. The highest BCUT2D eigenvalue weighted by Crippen LogP contribution is 2.28. The fraction of sp³-hybridized carbons (Fsp3) is 0.316. The summed E-state index contributed by atoms with van der Waals surface area (Å²) in [5, 5.41) is 11.2. The van der Waals surface area contributed by atoms with E-state index < -0.39 is 4.92 Å². The topological polar surface area (TPSA) is 78.7 Å². The molecule has 0 unspecified atom stereocenters. The SMILES string of the molecule is CCC(=O)c1ccc(OCCCOc2cccc(C)c2)c([N+](=O)[O-])c1. The Hall–Kier alpha value is -2.89. The van der Waals surface area contributed by atoms with E-state index in [0.717, 1.165) is 11.3 Å². The van der Waals surface area contributed by atoms with Crippen molar-refractivity contribution in [2.45, 2.75) is 26.7 Å². The summed E-state index contributed by atoms with van der Waals surface area (Å²) in [6, 6.07) is 12.0.